The number of hydrogen-bond acceptors (Lipinski definition) is 6. The van der Waals surface area contributed by atoms with Gasteiger partial charge in [-0.05, 0) is 39.8 Å². The number of aldehydes is 1. The van der Waals surface area contributed by atoms with Gasteiger partial charge in [-0.1, -0.05) is 0 Å². The second-order valence-electron chi connectivity index (χ2n) is 5.36. The molecule has 0 saturated heterocycles. The van der Waals surface area contributed by atoms with Crippen molar-refractivity contribution in [3.63, 3.8) is 0 Å². The Labute approximate surface area is 136 Å². The smallest absolute Gasteiger partial charge is 0.150 e. The van der Waals surface area contributed by atoms with Gasteiger partial charge in [0.05, 0.1) is 30.3 Å². The molecular weight excluding hydrogens is 294 g/mol. The van der Waals surface area contributed by atoms with Crippen LogP contribution in [0.3, 0.4) is 0 Å². The molecule has 1 aromatic carbocycles. The van der Waals surface area contributed by atoms with Gasteiger partial charge < -0.3 is 15.2 Å². The molecule has 0 aliphatic heterocycles. The molecule has 2 N–H and O–H groups in total. The molecule has 0 fully saturated rings. The zero-order valence-electron chi connectivity index (χ0n) is 13.9. The summed E-state index contributed by atoms with van der Waals surface area (Å²) in [6.07, 6.45) is 5.49. The van der Waals surface area contributed by atoms with Gasteiger partial charge in [-0.3, -0.25) is 4.79 Å². The van der Waals surface area contributed by atoms with Crippen LogP contribution in [0.25, 0.3) is 0 Å². The van der Waals surface area contributed by atoms with Crippen LogP contribution >= 0.6 is 0 Å². The maximum absolute atomic E-state index is 10.8. The molecule has 23 heavy (non-hydrogen) atoms. The largest absolute Gasteiger partial charge is 0.491 e. The number of carbonyl (C=O) groups is 1. The normalized spacial score (nSPS) is 10.0. The molecule has 6 heteroatoms. The maximum Gasteiger partial charge on any atom is 0.150 e. The summed E-state index contributed by atoms with van der Waals surface area (Å²) in [5, 5.41) is 0. The standard InChI is InChI=1S/C13H18O3.C4H5N3/c1-9(2)15-12-5-11(8-14)6-13(7-12)16-10(3)4;5-4-1-6-3-7-2-4/h5-10H,1-4H3;1-3H,5H2. The van der Waals surface area contributed by atoms with Gasteiger partial charge in [0, 0.05) is 11.6 Å². The van der Waals surface area contributed by atoms with Crippen LogP contribution < -0.4 is 15.2 Å². The Morgan fingerprint density at radius 1 is 0.957 bits per heavy atom. The van der Waals surface area contributed by atoms with E-state index in [4.69, 9.17) is 15.2 Å². The summed E-state index contributed by atoms with van der Waals surface area (Å²) >= 11 is 0. The highest BCUT2D eigenvalue weighted by atomic mass is 16.5. The van der Waals surface area contributed by atoms with Crippen LogP contribution in [0.4, 0.5) is 5.69 Å². The van der Waals surface area contributed by atoms with Crippen molar-refractivity contribution in [1.29, 1.82) is 0 Å². The number of nitrogens with two attached hydrogens (primary N) is 1. The summed E-state index contributed by atoms with van der Waals surface area (Å²) < 4.78 is 11.1. The predicted molar refractivity (Wildman–Crippen MR) is 89.8 cm³/mol. The number of ether oxygens (including phenoxy) is 2. The van der Waals surface area contributed by atoms with Crippen molar-refractivity contribution in [3.05, 3.63) is 42.5 Å². The molecule has 124 valence electrons. The Kier molecular flexibility index (Phi) is 7.53. The van der Waals surface area contributed by atoms with Crippen molar-refractivity contribution < 1.29 is 14.3 Å². The van der Waals surface area contributed by atoms with E-state index >= 15 is 0 Å². The van der Waals surface area contributed by atoms with Crippen molar-refractivity contribution in [2.75, 3.05) is 5.73 Å². The molecule has 1 heterocycles. The zero-order valence-corrected chi connectivity index (χ0v) is 13.9. The average molecular weight is 317 g/mol. The second kappa shape index (κ2) is 9.40. The molecule has 2 aromatic rings. The van der Waals surface area contributed by atoms with Gasteiger partial charge in [0.15, 0.2) is 0 Å². The van der Waals surface area contributed by atoms with E-state index < -0.39 is 0 Å². The molecule has 1 aromatic heterocycles. The Balaban J connectivity index is 0.000000313. The highest BCUT2D eigenvalue weighted by Crippen LogP contribution is 2.23. The van der Waals surface area contributed by atoms with Crippen molar-refractivity contribution in [1.82, 2.24) is 9.97 Å². The summed E-state index contributed by atoms with van der Waals surface area (Å²) in [6.45, 7) is 7.76. The lowest BCUT2D eigenvalue weighted by molar-refractivity contribution is 0.112. The number of benzene rings is 1. The van der Waals surface area contributed by atoms with Gasteiger partial charge in [0.25, 0.3) is 0 Å². The van der Waals surface area contributed by atoms with Crippen molar-refractivity contribution in [2.45, 2.75) is 39.9 Å². The first-order valence-corrected chi connectivity index (χ1v) is 7.34. The first-order valence-electron chi connectivity index (χ1n) is 7.34. The van der Waals surface area contributed by atoms with Gasteiger partial charge in [-0.25, -0.2) is 9.97 Å². The Hall–Kier alpha value is -2.63. The van der Waals surface area contributed by atoms with Gasteiger partial charge in [-0.2, -0.15) is 0 Å². The quantitative estimate of drug-likeness (QED) is 0.852. The molecule has 0 bridgehead atoms. The Bertz CT molecular complexity index is 573. The first kappa shape index (κ1) is 18.4. The molecule has 2 rings (SSSR count). The van der Waals surface area contributed by atoms with Crippen molar-refractivity contribution in [2.24, 2.45) is 0 Å². The van der Waals surface area contributed by atoms with E-state index in [1.807, 2.05) is 27.7 Å². The molecule has 0 aliphatic carbocycles. The fourth-order valence-electron chi connectivity index (χ4n) is 1.65. The highest BCUT2D eigenvalue weighted by molar-refractivity contribution is 5.76. The Morgan fingerprint density at radius 2 is 1.43 bits per heavy atom. The summed E-state index contributed by atoms with van der Waals surface area (Å²) in [7, 11) is 0. The number of nitrogens with zero attached hydrogens (tertiary/aromatic N) is 2. The van der Waals surface area contributed by atoms with Crippen LogP contribution in [0.1, 0.15) is 38.1 Å². The van der Waals surface area contributed by atoms with Crippen molar-refractivity contribution in [3.8, 4) is 11.5 Å². The fraction of sp³-hybridized carbons (Fsp3) is 0.353. The van der Waals surface area contributed by atoms with Crippen LogP contribution in [0.5, 0.6) is 11.5 Å². The number of rotatable bonds is 5. The van der Waals surface area contributed by atoms with Crippen LogP contribution in [-0.2, 0) is 0 Å². The molecule has 0 radical (unpaired) electrons. The lowest BCUT2D eigenvalue weighted by Crippen LogP contribution is -2.08. The molecule has 0 spiro atoms. The third-order valence-corrected chi connectivity index (χ3v) is 2.36. The number of nitrogen functional groups attached to an aromatic ring is 1. The van der Waals surface area contributed by atoms with E-state index in [2.05, 4.69) is 9.97 Å². The summed E-state index contributed by atoms with van der Waals surface area (Å²) in [6, 6.07) is 5.22. The second-order valence-corrected chi connectivity index (χ2v) is 5.36. The van der Waals surface area contributed by atoms with Gasteiger partial charge >= 0.3 is 0 Å². The number of anilines is 1. The van der Waals surface area contributed by atoms with E-state index in [1.54, 1.807) is 30.6 Å². The summed E-state index contributed by atoms with van der Waals surface area (Å²) in [5.74, 6) is 1.32. The highest BCUT2D eigenvalue weighted by Gasteiger charge is 2.05. The predicted octanol–water partition coefficient (Wildman–Crippen LogP) is 3.13. The lowest BCUT2D eigenvalue weighted by atomic mass is 10.2. The van der Waals surface area contributed by atoms with E-state index in [1.165, 1.54) is 6.33 Å². The number of aromatic nitrogens is 2. The van der Waals surface area contributed by atoms with Crippen LogP contribution in [0, 0.1) is 0 Å². The van der Waals surface area contributed by atoms with Crippen LogP contribution in [-0.4, -0.2) is 28.5 Å². The first-order chi connectivity index (χ1) is 10.9. The molecular formula is C17H23N3O3. The molecule has 0 saturated carbocycles. The monoisotopic (exact) mass is 317 g/mol. The van der Waals surface area contributed by atoms with E-state index in [0.29, 0.717) is 22.7 Å². The minimum atomic E-state index is 0.0776. The van der Waals surface area contributed by atoms with E-state index in [-0.39, 0.29) is 12.2 Å². The third kappa shape index (κ3) is 7.80. The molecule has 0 amide bonds. The van der Waals surface area contributed by atoms with Crippen LogP contribution in [0.15, 0.2) is 36.9 Å². The SMILES string of the molecule is CC(C)Oc1cc(C=O)cc(OC(C)C)c1.Nc1cncnc1. The number of carbonyl (C=O) groups excluding carboxylic acids is 1. The maximum atomic E-state index is 10.8. The summed E-state index contributed by atoms with van der Waals surface area (Å²) in [4.78, 5) is 18.1. The van der Waals surface area contributed by atoms with Gasteiger partial charge in [0.2, 0.25) is 0 Å². The fourth-order valence-corrected chi connectivity index (χ4v) is 1.65. The zero-order chi connectivity index (χ0) is 17.2. The molecule has 6 nitrogen and oxygen atoms in total. The molecule has 0 atom stereocenters. The van der Waals surface area contributed by atoms with Gasteiger partial charge in [-0.15, -0.1) is 0 Å². The van der Waals surface area contributed by atoms with Crippen molar-refractivity contribution >= 4 is 12.0 Å². The third-order valence-electron chi connectivity index (χ3n) is 2.36. The lowest BCUT2D eigenvalue weighted by Gasteiger charge is -2.14. The minimum Gasteiger partial charge on any atom is -0.491 e. The minimum absolute atomic E-state index is 0.0776. The summed E-state index contributed by atoms with van der Waals surface area (Å²) in [5.41, 5.74) is 6.40. The molecule has 0 unspecified atom stereocenters. The average Bonchev–Trinajstić information content (AvgIpc) is 2.47. The Morgan fingerprint density at radius 3 is 1.74 bits per heavy atom. The number of hydrogen-bond donors (Lipinski definition) is 1. The van der Waals surface area contributed by atoms with Crippen LogP contribution in [0.2, 0.25) is 0 Å². The topological polar surface area (TPSA) is 87.3 Å². The molecule has 0 aliphatic rings. The van der Waals surface area contributed by atoms with E-state index in [9.17, 15) is 4.79 Å². The van der Waals surface area contributed by atoms with E-state index in [0.717, 1.165) is 6.29 Å². The van der Waals surface area contributed by atoms with Gasteiger partial charge in [0.1, 0.15) is 24.1 Å².